The first-order valence-corrected chi connectivity index (χ1v) is 6.03. The van der Waals surface area contributed by atoms with Gasteiger partial charge in [-0.25, -0.2) is 9.97 Å². The van der Waals surface area contributed by atoms with Crippen LogP contribution in [0.2, 0.25) is 0 Å². The highest BCUT2D eigenvalue weighted by Gasteiger charge is 2.09. The van der Waals surface area contributed by atoms with E-state index in [0.717, 1.165) is 5.69 Å². The molecule has 0 aliphatic heterocycles. The first-order valence-electron chi connectivity index (χ1n) is 6.03. The Morgan fingerprint density at radius 1 is 1.11 bits per heavy atom. The van der Waals surface area contributed by atoms with E-state index in [-0.39, 0.29) is 0 Å². The van der Waals surface area contributed by atoms with Gasteiger partial charge in [0.25, 0.3) is 0 Å². The van der Waals surface area contributed by atoms with Gasteiger partial charge in [-0.15, -0.1) is 0 Å². The number of ether oxygens (including phenoxy) is 2. The molecule has 1 heterocycles. The molecule has 2 rings (SSSR count). The Hall–Kier alpha value is -2.30. The van der Waals surface area contributed by atoms with Crippen molar-refractivity contribution in [2.75, 3.05) is 12.8 Å². The molecule has 0 unspecified atom stereocenters. The van der Waals surface area contributed by atoms with Crippen LogP contribution in [-0.4, -0.2) is 17.1 Å². The molecule has 0 saturated carbocycles. The van der Waals surface area contributed by atoms with Crippen LogP contribution < -0.4 is 15.2 Å². The SMILES string of the molecule is COc1cc(N)ccc1Oc1cc(C(C)C)ncn1. The number of methoxy groups -OCH3 is 1. The van der Waals surface area contributed by atoms with Gasteiger partial charge >= 0.3 is 0 Å². The van der Waals surface area contributed by atoms with E-state index in [0.29, 0.717) is 29.0 Å². The van der Waals surface area contributed by atoms with E-state index in [1.165, 1.54) is 6.33 Å². The molecule has 2 aromatic rings. The Bertz CT molecular complexity index is 570. The van der Waals surface area contributed by atoms with Gasteiger partial charge in [-0.1, -0.05) is 13.8 Å². The normalized spacial score (nSPS) is 10.5. The summed E-state index contributed by atoms with van der Waals surface area (Å²) in [7, 11) is 1.57. The zero-order valence-corrected chi connectivity index (χ0v) is 11.3. The number of benzene rings is 1. The van der Waals surface area contributed by atoms with Gasteiger partial charge < -0.3 is 15.2 Å². The lowest BCUT2D eigenvalue weighted by molar-refractivity contribution is 0.373. The van der Waals surface area contributed by atoms with Crippen LogP contribution in [0.25, 0.3) is 0 Å². The molecular weight excluding hydrogens is 242 g/mol. The van der Waals surface area contributed by atoms with Crippen molar-refractivity contribution in [2.24, 2.45) is 0 Å². The first kappa shape index (κ1) is 13.1. The van der Waals surface area contributed by atoms with Crippen molar-refractivity contribution in [3.05, 3.63) is 36.3 Å². The predicted octanol–water partition coefficient (Wildman–Crippen LogP) is 2.98. The quantitative estimate of drug-likeness (QED) is 0.855. The summed E-state index contributed by atoms with van der Waals surface area (Å²) in [6, 6.07) is 7.04. The molecular formula is C14H17N3O2. The van der Waals surface area contributed by atoms with E-state index in [9.17, 15) is 0 Å². The summed E-state index contributed by atoms with van der Waals surface area (Å²) in [6.45, 7) is 4.13. The summed E-state index contributed by atoms with van der Waals surface area (Å²) in [5.41, 5.74) is 7.25. The van der Waals surface area contributed by atoms with E-state index in [2.05, 4.69) is 23.8 Å². The zero-order chi connectivity index (χ0) is 13.8. The minimum atomic E-state index is 0.318. The second-order valence-corrected chi connectivity index (χ2v) is 4.45. The van der Waals surface area contributed by atoms with Crippen molar-refractivity contribution < 1.29 is 9.47 Å². The second kappa shape index (κ2) is 5.56. The van der Waals surface area contributed by atoms with Gasteiger partial charge in [-0.2, -0.15) is 0 Å². The first-order chi connectivity index (χ1) is 9.10. The van der Waals surface area contributed by atoms with Crippen LogP contribution in [0.1, 0.15) is 25.5 Å². The highest BCUT2D eigenvalue weighted by molar-refractivity contribution is 5.52. The molecule has 2 N–H and O–H groups in total. The molecule has 1 aromatic carbocycles. The molecule has 0 saturated heterocycles. The highest BCUT2D eigenvalue weighted by atomic mass is 16.5. The van der Waals surface area contributed by atoms with Crippen molar-refractivity contribution in [1.29, 1.82) is 0 Å². The van der Waals surface area contributed by atoms with Gasteiger partial charge in [-0.3, -0.25) is 0 Å². The number of nitrogens with zero attached hydrogens (tertiary/aromatic N) is 2. The molecule has 5 nitrogen and oxygen atoms in total. The van der Waals surface area contributed by atoms with Crippen LogP contribution in [0.4, 0.5) is 5.69 Å². The van der Waals surface area contributed by atoms with Crippen LogP contribution in [0.5, 0.6) is 17.4 Å². The lowest BCUT2D eigenvalue weighted by Gasteiger charge is -2.11. The fourth-order valence-electron chi connectivity index (χ4n) is 1.61. The van der Waals surface area contributed by atoms with E-state index >= 15 is 0 Å². The molecule has 0 radical (unpaired) electrons. The maximum atomic E-state index is 5.71. The number of nitrogens with two attached hydrogens (primary N) is 1. The maximum Gasteiger partial charge on any atom is 0.222 e. The van der Waals surface area contributed by atoms with Crippen molar-refractivity contribution in [3.63, 3.8) is 0 Å². The highest BCUT2D eigenvalue weighted by Crippen LogP contribution is 2.32. The number of anilines is 1. The number of hydrogen-bond acceptors (Lipinski definition) is 5. The number of hydrogen-bond donors (Lipinski definition) is 1. The van der Waals surface area contributed by atoms with E-state index in [1.54, 1.807) is 25.3 Å². The molecule has 0 bridgehead atoms. The minimum Gasteiger partial charge on any atom is -0.493 e. The average Bonchev–Trinajstić information content (AvgIpc) is 2.41. The van der Waals surface area contributed by atoms with Gasteiger partial charge in [0, 0.05) is 17.8 Å². The Labute approximate surface area is 112 Å². The Morgan fingerprint density at radius 3 is 2.58 bits per heavy atom. The fraction of sp³-hybridized carbons (Fsp3) is 0.286. The summed E-state index contributed by atoms with van der Waals surface area (Å²) >= 11 is 0. The van der Waals surface area contributed by atoms with E-state index in [1.807, 2.05) is 6.07 Å². The zero-order valence-electron chi connectivity index (χ0n) is 11.3. The molecule has 0 aliphatic rings. The third-order valence-corrected chi connectivity index (χ3v) is 2.66. The minimum absolute atomic E-state index is 0.318. The molecule has 100 valence electrons. The molecule has 0 atom stereocenters. The second-order valence-electron chi connectivity index (χ2n) is 4.45. The molecule has 5 heteroatoms. The molecule has 0 fully saturated rings. The molecule has 0 amide bonds. The van der Waals surface area contributed by atoms with Crippen LogP contribution >= 0.6 is 0 Å². The summed E-state index contributed by atoms with van der Waals surface area (Å²) in [5, 5.41) is 0. The number of rotatable bonds is 4. The van der Waals surface area contributed by atoms with Gasteiger partial charge in [-0.05, 0) is 18.1 Å². The summed E-state index contributed by atoms with van der Waals surface area (Å²) in [4.78, 5) is 8.29. The van der Waals surface area contributed by atoms with E-state index < -0.39 is 0 Å². The maximum absolute atomic E-state index is 5.71. The van der Waals surface area contributed by atoms with E-state index in [4.69, 9.17) is 15.2 Å². The van der Waals surface area contributed by atoms with Crippen LogP contribution in [0.3, 0.4) is 0 Å². The fourth-order valence-corrected chi connectivity index (χ4v) is 1.61. The van der Waals surface area contributed by atoms with Crippen molar-refractivity contribution in [1.82, 2.24) is 9.97 Å². The third-order valence-electron chi connectivity index (χ3n) is 2.66. The number of nitrogen functional groups attached to an aromatic ring is 1. The van der Waals surface area contributed by atoms with Gasteiger partial charge in [0.05, 0.1) is 12.8 Å². The third kappa shape index (κ3) is 3.13. The molecule has 1 aromatic heterocycles. The lowest BCUT2D eigenvalue weighted by atomic mass is 10.1. The largest absolute Gasteiger partial charge is 0.493 e. The average molecular weight is 259 g/mol. The Balaban J connectivity index is 2.28. The summed E-state index contributed by atoms with van der Waals surface area (Å²) < 4.78 is 10.9. The van der Waals surface area contributed by atoms with Crippen LogP contribution in [0, 0.1) is 0 Å². The lowest BCUT2D eigenvalue weighted by Crippen LogP contribution is -1.97. The molecule has 19 heavy (non-hydrogen) atoms. The Kier molecular flexibility index (Phi) is 3.85. The van der Waals surface area contributed by atoms with Crippen LogP contribution in [0.15, 0.2) is 30.6 Å². The Morgan fingerprint density at radius 2 is 1.89 bits per heavy atom. The standard InChI is InChI=1S/C14H17N3O2/c1-9(2)11-7-14(17-8-16-11)19-12-5-4-10(15)6-13(12)18-3/h4-9H,15H2,1-3H3. The van der Waals surface area contributed by atoms with Crippen molar-refractivity contribution in [3.8, 4) is 17.4 Å². The van der Waals surface area contributed by atoms with Gasteiger partial charge in [0.2, 0.25) is 5.88 Å². The van der Waals surface area contributed by atoms with Crippen LogP contribution in [-0.2, 0) is 0 Å². The number of aromatic nitrogens is 2. The molecule has 0 spiro atoms. The van der Waals surface area contributed by atoms with Crippen molar-refractivity contribution in [2.45, 2.75) is 19.8 Å². The predicted molar refractivity (Wildman–Crippen MR) is 73.6 cm³/mol. The summed E-state index contributed by atoms with van der Waals surface area (Å²) in [5.74, 6) is 1.95. The molecule has 0 aliphatic carbocycles. The monoisotopic (exact) mass is 259 g/mol. The topological polar surface area (TPSA) is 70.3 Å². The van der Waals surface area contributed by atoms with Gasteiger partial charge in [0.15, 0.2) is 11.5 Å². The van der Waals surface area contributed by atoms with Gasteiger partial charge in [0.1, 0.15) is 6.33 Å². The smallest absolute Gasteiger partial charge is 0.222 e. The summed E-state index contributed by atoms with van der Waals surface area (Å²) in [6.07, 6.45) is 1.49. The van der Waals surface area contributed by atoms with Crippen molar-refractivity contribution >= 4 is 5.69 Å².